The van der Waals surface area contributed by atoms with E-state index in [1.807, 2.05) is 0 Å². The monoisotopic (exact) mass is 254 g/mol. The third kappa shape index (κ3) is 67.6. The Morgan fingerprint density at radius 1 is 1.35 bits per heavy atom. The van der Waals surface area contributed by atoms with Crippen LogP contribution < -0.4 is 34.7 Å². The quantitative estimate of drug-likeness (QED) is 0.349. The molecule has 1 N–H and O–H groups in total. The molecule has 0 heterocycles. The molecule has 0 aliphatic carbocycles. The minimum atomic E-state index is -0.981. The zero-order valence-electron chi connectivity index (χ0n) is 10.9. The van der Waals surface area contributed by atoms with Gasteiger partial charge in [-0.2, -0.15) is 0 Å². The molecule has 0 aromatic carbocycles. The summed E-state index contributed by atoms with van der Waals surface area (Å²) in [5, 5.41) is 17.1. The third-order valence-electron chi connectivity index (χ3n) is 0.628. The summed E-state index contributed by atoms with van der Waals surface area (Å²) in [6.07, 6.45) is 1.56. The van der Waals surface area contributed by atoms with E-state index in [9.17, 15) is 14.7 Å². The van der Waals surface area contributed by atoms with Crippen molar-refractivity contribution in [3.63, 3.8) is 0 Å². The van der Waals surface area contributed by atoms with E-state index in [0.29, 0.717) is 6.61 Å². The number of esters is 1. The molecular formula is C11H19NaO5. The molecule has 0 saturated carbocycles. The van der Waals surface area contributed by atoms with E-state index in [2.05, 4.69) is 17.9 Å². The molecule has 0 rings (SSSR count). The Hall–Kier alpha value is -0.620. The number of carboxylic acid groups (broad SMARTS) is 1. The predicted octanol–water partition coefficient (Wildman–Crippen LogP) is -2.25. The van der Waals surface area contributed by atoms with Crippen LogP contribution in [0.4, 0.5) is 0 Å². The summed E-state index contributed by atoms with van der Waals surface area (Å²) >= 11 is 0. The van der Waals surface area contributed by atoms with Crippen molar-refractivity contribution in [1.29, 1.82) is 0 Å². The zero-order chi connectivity index (χ0) is 13.6. The van der Waals surface area contributed by atoms with Gasteiger partial charge in [0, 0.05) is 12.2 Å². The molecule has 0 saturated heterocycles. The van der Waals surface area contributed by atoms with Crippen LogP contribution in [0.2, 0.25) is 0 Å². The molecule has 0 aromatic heterocycles. The number of carboxylic acids is 1. The first-order valence-corrected chi connectivity index (χ1v) is 4.62. The van der Waals surface area contributed by atoms with Crippen molar-refractivity contribution >= 4 is 11.9 Å². The van der Waals surface area contributed by atoms with Crippen LogP contribution in [0.1, 0.15) is 20.8 Å². The Bertz CT molecular complexity index is 211. The Labute approximate surface area is 124 Å². The standard InChI is InChI=1S/C5H8O2.C3H4O2.C3H7O.Na/c1-3-5(6)7-4-2;1-2-3(4)5;1-3(2)4;/h3H,1,4H2,2H3;2H,1H2,(H,4,5);3H,1-2H3;/q;;-1;+1. The number of carbonyl (C=O) groups is 2. The smallest absolute Gasteiger partial charge is 0.852 e. The fraction of sp³-hybridized carbons (Fsp3) is 0.455. The van der Waals surface area contributed by atoms with Crippen molar-refractivity contribution < 1.29 is 54.1 Å². The van der Waals surface area contributed by atoms with Gasteiger partial charge in [0.15, 0.2) is 0 Å². The number of hydrogen-bond donors (Lipinski definition) is 1. The maximum absolute atomic E-state index is 10.1. The predicted molar refractivity (Wildman–Crippen MR) is 59.8 cm³/mol. The molecule has 0 atom stereocenters. The van der Waals surface area contributed by atoms with Crippen LogP contribution in [0.3, 0.4) is 0 Å². The summed E-state index contributed by atoms with van der Waals surface area (Å²) in [7, 11) is 0. The van der Waals surface area contributed by atoms with Crippen LogP contribution in [0.15, 0.2) is 25.3 Å². The second-order valence-corrected chi connectivity index (χ2v) is 2.55. The summed E-state index contributed by atoms with van der Waals surface area (Å²) < 4.78 is 4.43. The van der Waals surface area contributed by atoms with E-state index in [0.717, 1.165) is 12.2 Å². The van der Waals surface area contributed by atoms with E-state index in [4.69, 9.17) is 5.11 Å². The van der Waals surface area contributed by atoms with Crippen LogP contribution in [-0.2, 0) is 14.3 Å². The largest absolute Gasteiger partial charge is 1.00 e. The Morgan fingerprint density at radius 3 is 1.71 bits per heavy atom. The van der Waals surface area contributed by atoms with Gasteiger partial charge in [-0.05, 0) is 6.92 Å². The molecule has 0 bridgehead atoms. The molecule has 0 spiro atoms. The molecule has 0 unspecified atom stereocenters. The first kappa shape index (κ1) is 25.3. The van der Waals surface area contributed by atoms with Gasteiger partial charge >= 0.3 is 41.5 Å². The average molecular weight is 254 g/mol. The summed E-state index contributed by atoms with van der Waals surface area (Å²) in [5.41, 5.74) is 0. The van der Waals surface area contributed by atoms with Gasteiger partial charge in [0.2, 0.25) is 0 Å². The third-order valence-corrected chi connectivity index (χ3v) is 0.628. The van der Waals surface area contributed by atoms with Gasteiger partial charge < -0.3 is 14.9 Å². The molecule has 0 amide bonds. The minimum absolute atomic E-state index is 0. The van der Waals surface area contributed by atoms with Crippen molar-refractivity contribution in [2.45, 2.75) is 26.9 Å². The number of aliphatic carboxylic acids is 1. The van der Waals surface area contributed by atoms with Gasteiger partial charge in [-0.1, -0.05) is 27.0 Å². The van der Waals surface area contributed by atoms with E-state index in [1.165, 1.54) is 0 Å². The van der Waals surface area contributed by atoms with Crippen LogP contribution >= 0.6 is 0 Å². The molecule has 0 radical (unpaired) electrons. The van der Waals surface area contributed by atoms with E-state index in [-0.39, 0.29) is 35.5 Å². The maximum Gasteiger partial charge on any atom is 1.00 e. The van der Waals surface area contributed by atoms with Crippen molar-refractivity contribution in [3.8, 4) is 0 Å². The number of carbonyl (C=O) groups excluding carboxylic acids is 1. The SMILES string of the molecule is C=CC(=O)O.C=CC(=O)OCC.CC(C)[O-].[Na+]. The van der Waals surface area contributed by atoms with E-state index in [1.54, 1.807) is 20.8 Å². The first-order valence-electron chi connectivity index (χ1n) is 4.62. The maximum atomic E-state index is 10.1. The number of ether oxygens (including phenoxy) is 1. The van der Waals surface area contributed by atoms with Crippen molar-refractivity contribution in [3.05, 3.63) is 25.3 Å². The van der Waals surface area contributed by atoms with Gasteiger partial charge in [-0.15, -0.1) is 6.10 Å². The molecule has 0 aliphatic rings. The van der Waals surface area contributed by atoms with Crippen LogP contribution in [0.5, 0.6) is 0 Å². The summed E-state index contributed by atoms with van der Waals surface area (Å²) in [5.74, 6) is -1.34. The fourth-order valence-corrected chi connectivity index (χ4v) is 0.201. The molecule has 0 aliphatic heterocycles. The van der Waals surface area contributed by atoms with Crippen molar-refractivity contribution in [2.24, 2.45) is 0 Å². The molecular weight excluding hydrogens is 235 g/mol. The van der Waals surface area contributed by atoms with Crippen LogP contribution in [0, 0.1) is 0 Å². The molecule has 17 heavy (non-hydrogen) atoms. The molecule has 0 fully saturated rings. The van der Waals surface area contributed by atoms with E-state index < -0.39 is 12.1 Å². The average Bonchev–Trinajstić information content (AvgIpc) is 2.18. The number of hydrogen-bond acceptors (Lipinski definition) is 4. The van der Waals surface area contributed by atoms with Crippen LogP contribution in [-0.4, -0.2) is 29.8 Å². The Morgan fingerprint density at radius 2 is 1.65 bits per heavy atom. The normalized spacial score (nSPS) is 7.12. The van der Waals surface area contributed by atoms with E-state index >= 15 is 0 Å². The van der Waals surface area contributed by atoms with Gasteiger partial charge in [0.05, 0.1) is 6.61 Å². The van der Waals surface area contributed by atoms with Crippen molar-refractivity contribution in [1.82, 2.24) is 0 Å². The second kappa shape index (κ2) is 20.8. The molecule has 5 nitrogen and oxygen atoms in total. The number of rotatable bonds is 3. The Kier molecular flexibility index (Phi) is 30.9. The summed E-state index contributed by atoms with van der Waals surface area (Å²) in [4.78, 5) is 19.3. The molecule has 0 aromatic rings. The minimum Gasteiger partial charge on any atom is -0.852 e. The van der Waals surface area contributed by atoms with Gasteiger partial charge in [0.25, 0.3) is 0 Å². The Balaban J connectivity index is -0.0000000757. The summed E-state index contributed by atoms with van der Waals surface area (Å²) in [6, 6.07) is 0. The fourth-order valence-electron chi connectivity index (χ4n) is 0.201. The van der Waals surface area contributed by atoms with Gasteiger partial charge in [-0.3, -0.25) is 0 Å². The second-order valence-electron chi connectivity index (χ2n) is 2.55. The van der Waals surface area contributed by atoms with Gasteiger partial charge in [0.1, 0.15) is 0 Å². The van der Waals surface area contributed by atoms with Crippen molar-refractivity contribution in [2.75, 3.05) is 6.61 Å². The zero-order valence-corrected chi connectivity index (χ0v) is 12.9. The summed E-state index contributed by atoms with van der Waals surface area (Å²) in [6.45, 7) is 11.6. The van der Waals surface area contributed by atoms with Gasteiger partial charge in [-0.25, -0.2) is 9.59 Å². The first-order chi connectivity index (χ1) is 7.31. The topological polar surface area (TPSA) is 86.7 Å². The van der Waals surface area contributed by atoms with Crippen LogP contribution in [0.25, 0.3) is 0 Å². The molecule has 6 heteroatoms. The molecule has 94 valence electrons.